The Morgan fingerprint density at radius 3 is 2.50 bits per heavy atom. The molecular formula is C21H25ClN4O2. The van der Waals surface area contributed by atoms with Crippen LogP contribution in [0.3, 0.4) is 0 Å². The molecule has 28 heavy (non-hydrogen) atoms. The minimum atomic E-state index is -0.113. The fraction of sp³-hybridized carbons (Fsp3) is 0.381. The Kier molecular flexibility index (Phi) is 6.87. The first-order chi connectivity index (χ1) is 13.6. The van der Waals surface area contributed by atoms with E-state index in [4.69, 9.17) is 11.6 Å². The molecule has 0 spiro atoms. The molecular weight excluding hydrogens is 376 g/mol. The Morgan fingerprint density at radius 2 is 1.89 bits per heavy atom. The molecule has 0 saturated carbocycles. The number of likely N-dealkylation sites (tertiary alicyclic amines) is 1. The highest BCUT2D eigenvalue weighted by Gasteiger charge is 2.28. The zero-order valence-electron chi connectivity index (χ0n) is 16.0. The molecule has 0 unspecified atom stereocenters. The minimum absolute atomic E-state index is 0.0543. The van der Waals surface area contributed by atoms with Crippen LogP contribution >= 0.6 is 11.6 Å². The highest BCUT2D eigenvalue weighted by Crippen LogP contribution is 2.20. The van der Waals surface area contributed by atoms with E-state index in [1.807, 2.05) is 42.2 Å². The van der Waals surface area contributed by atoms with Gasteiger partial charge in [0.2, 0.25) is 11.8 Å². The summed E-state index contributed by atoms with van der Waals surface area (Å²) in [6.45, 7) is 4.35. The minimum Gasteiger partial charge on any atom is -0.362 e. The molecule has 148 valence electrons. The standard InChI is InChI=1S/C21H25ClN4O2/c1-2-25(18-6-4-3-5-7-18)15-20(27)26-12-10-16(11-13-26)21(28)24-19-9-8-17(22)14-23-19/h3-9,14,16H,2,10-13,15H2,1H3,(H,23,24,28). The van der Waals surface area contributed by atoms with Crippen LogP contribution in [-0.4, -0.2) is 47.9 Å². The van der Waals surface area contributed by atoms with E-state index < -0.39 is 0 Å². The fourth-order valence-electron chi connectivity index (χ4n) is 3.36. The van der Waals surface area contributed by atoms with E-state index in [0.29, 0.717) is 43.3 Å². The summed E-state index contributed by atoms with van der Waals surface area (Å²) in [5.74, 6) is 0.428. The van der Waals surface area contributed by atoms with Crippen LogP contribution in [-0.2, 0) is 9.59 Å². The number of likely N-dealkylation sites (N-methyl/N-ethyl adjacent to an activating group) is 1. The lowest BCUT2D eigenvalue weighted by atomic mass is 9.96. The Morgan fingerprint density at radius 1 is 1.18 bits per heavy atom. The van der Waals surface area contributed by atoms with Crippen LogP contribution in [0.1, 0.15) is 19.8 Å². The predicted octanol–water partition coefficient (Wildman–Crippen LogP) is 3.44. The van der Waals surface area contributed by atoms with Crippen LogP contribution < -0.4 is 10.2 Å². The number of amides is 2. The highest BCUT2D eigenvalue weighted by molar-refractivity contribution is 6.30. The molecule has 2 aromatic rings. The predicted molar refractivity (Wildman–Crippen MR) is 112 cm³/mol. The number of carbonyl (C=O) groups excluding carboxylic acids is 2. The van der Waals surface area contributed by atoms with Crippen molar-refractivity contribution in [3.63, 3.8) is 0 Å². The molecule has 1 N–H and O–H groups in total. The van der Waals surface area contributed by atoms with E-state index in [2.05, 4.69) is 15.2 Å². The SMILES string of the molecule is CCN(CC(=O)N1CCC(C(=O)Nc2ccc(Cl)cn2)CC1)c1ccccc1. The first-order valence-corrected chi connectivity index (χ1v) is 9.94. The summed E-state index contributed by atoms with van der Waals surface area (Å²) >= 11 is 5.81. The van der Waals surface area contributed by atoms with E-state index in [9.17, 15) is 9.59 Å². The molecule has 0 aliphatic carbocycles. The van der Waals surface area contributed by atoms with Crippen molar-refractivity contribution < 1.29 is 9.59 Å². The number of para-hydroxylation sites is 1. The average Bonchev–Trinajstić information content (AvgIpc) is 2.74. The Labute approximate surface area is 170 Å². The molecule has 7 heteroatoms. The summed E-state index contributed by atoms with van der Waals surface area (Å²) in [7, 11) is 0. The molecule has 0 atom stereocenters. The maximum atomic E-state index is 12.7. The molecule has 1 aliphatic heterocycles. The van der Waals surface area contributed by atoms with Crippen molar-refractivity contribution in [1.82, 2.24) is 9.88 Å². The number of halogens is 1. The van der Waals surface area contributed by atoms with E-state index in [-0.39, 0.29) is 17.7 Å². The lowest BCUT2D eigenvalue weighted by Gasteiger charge is -2.33. The van der Waals surface area contributed by atoms with Gasteiger partial charge >= 0.3 is 0 Å². The number of hydrogen-bond acceptors (Lipinski definition) is 4. The first-order valence-electron chi connectivity index (χ1n) is 9.57. The molecule has 1 aromatic carbocycles. The third-order valence-electron chi connectivity index (χ3n) is 5.03. The van der Waals surface area contributed by atoms with E-state index >= 15 is 0 Å². The van der Waals surface area contributed by atoms with Gasteiger partial charge in [0, 0.05) is 37.4 Å². The molecule has 3 rings (SSSR count). The lowest BCUT2D eigenvalue weighted by Crippen LogP contribution is -2.45. The Bertz CT molecular complexity index is 790. The van der Waals surface area contributed by atoms with E-state index in [1.54, 1.807) is 12.1 Å². The zero-order valence-corrected chi connectivity index (χ0v) is 16.7. The van der Waals surface area contributed by atoms with Gasteiger partial charge in [-0.25, -0.2) is 4.98 Å². The summed E-state index contributed by atoms with van der Waals surface area (Å²) in [5.41, 5.74) is 1.04. The van der Waals surface area contributed by atoms with Crippen LogP contribution in [0, 0.1) is 5.92 Å². The van der Waals surface area contributed by atoms with Gasteiger partial charge < -0.3 is 15.1 Å². The lowest BCUT2D eigenvalue weighted by molar-refractivity contribution is -0.133. The average molecular weight is 401 g/mol. The maximum Gasteiger partial charge on any atom is 0.242 e. The first kappa shape index (κ1) is 20.1. The van der Waals surface area contributed by atoms with Crippen LogP contribution in [0.4, 0.5) is 11.5 Å². The number of nitrogens with one attached hydrogen (secondary N) is 1. The van der Waals surface area contributed by atoms with Crippen molar-refractivity contribution in [2.24, 2.45) is 5.92 Å². The number of aromatic nitrogens is 1. The topological polar surface area (TPSA) is 65.5 Å². The van der Waals surface area contributed by atoms with Crippen molar-refractivity contribution in [1.29, 1.82) is 0 Å². The van der Waals surface area contributed by atoms with Crippen LogP contribution in [0.2, 0.25) is 5.02 Å². The molecule has 2 heterocycles. The van der Waals surface area contributed by atoms with Crippen LogP contribution in [0.5, 0.6) is 0 Å². The van der Waals surface area contributed by atoms with Gasteiger partial charge in [-0.3, -0.25) is 9.59 Å². The Balaban J connectivity index is 1.49. The number of benzene rings is 1. The monoisotopic (exact) mass is 400 g/mol. The van der Waals surface area contributed by atoms with Gasteiger partial charge in [0.15, 0.2) is 0 Å². The van der Waals surface area contributed by atoms with Gasteiger partial charge in [-0.2, -0.15) is 0 Å². The molecule has 6 nitrogen and oxygen atoms in total. The van der Waals surface area contributed by atoms with Gasteiger partial charge in [0.05, 0.1) is 11.6 Å². The van der Waals surface area contributed by atoms with Crippen molar-refractivity contribution in [2.45, 2.75) is 19.8 Å². The van der Waals surface area contributed by atoms with Gasteiger partial charge in [-0.05, 0) is 44.0 Å². The molecule has 1 aliphatic rings. The van der Waals surface area contributed by atoms with Gasteiger partial charge in [-0.1, -0.05) is 29.8 Å². The molecule has 0 bridgehead atoms. The molecule has 0 radical (unpaired) electrons. The number of pyridine rings is 1. The number of piperidine rings is 1. The second-order valence-electron chi connectivity index (χ2n) is 6.86. The second-order valence-corrected chi connectivity index (χ2v) is 7.29. The van der Waals surface area contributed by atoms with Gasteiger partial charge in [0.1, 0.15) is 5.82 Å². The number of hydrogen-bond donors (Lipinski definition) is 1. The smallest absolute Gasteiger partial charge is 0.242 e. The Hall–Kier alpha value is -2.60. The van der Waals surface area contributed by atoms with Crippen LogP contribution in [0.15, 0.2) is 48.7 Å². The summed E-state index contributed by atoms with van der Waals surface area (Å²) < 4.78 is 0. The largest absolute Gasteiger partial charge is 0.362 e. The summed E-state index contributed by atoms with van der Waals surface area (Å²) in [5, 5.41) is 3.35. The fourth-order valence-corrected chi connectivity index (χ4v) is 3.47. The maximum absolute atomic E-state index is 12.7. The quantitative estimate of drug-likeness (QED) is 0.806. The van der Waals surface area contributed by atoms with Gasteiger partial charge in [-0.15, -0.1) is 0 Å². The summed E-state index contributed by atoms with van der Waals surface area (Å²) in [6, 6.07) is 13.3. The van der Waals surface area contributed by atoms with Crippen LogP contribution in [0.25, 0.3) is 0 Å². The number of carbonyl (C=O) groups is 2. The third kappa shape index (κ3) is 5.23. The highest BCUT2D eigenvalue weighted by atomic mass is 35.5. The molecule has 1 aromatic heterocycles. The normalized spacial score (nSPS) is 14.6. The van der Waals surface area contributed by atoms with E-state index in [1.165, 1.54) is 6.20 Å². The number of anilines is 2. The number of nitrogens with zero attached hydrogens (tertiary/aromatic N) is 3. The third-order valence-corrected chi connectivity index (χ3v) is 5.25. The summed E-state index contributed by atoms with van der Waals surface area (Å²) in [4.78, 5) is 33.2. The molecule has 2 amide bonds. The zero-order chi connectivity index (χ0) is 19.9. The van der Waals surface area contributed by atoms with Crippen molar-refractivity contribution in [2.75, 3.05) is 36.4 Å². The second kappa shape index (κ2) is 9.55. The van der Waals surface area contributed by atoms with Crippen molar-refractivity contribution in [3.8, 4) is 0 Å². The number of rotatable bonds is 6. The van der Waals surface area contributed by atoms with Gasteiger partial charge in [0.25, 0.3) is 0 Å². The van der Waals surface area contributed by atoms with Crippen molar-refractivity contribution >= 4 is 34.9 Å². The van der Waals surface area contributed by atoms with Crippen molar-refractivity contribution in [3.05, 3.63) is 53.7 Å². The molecule has 1 saturated heterocycles. The van der Waals surface area contributed by atoms with E-state index in [0.717, 1.165) is 12.2 Å². The summed E-state index contributed by atoms with van der Waals surface area (Å²) in [6.07, 6.45) is 2.82. The molecule has 1 fully saturated rings.